The van der Waals surface area contributed by atoms with Gasteiger partial charge in [-0.3, -0.25) is 4.79 Å². The topological polar surface area (TPSA) is 38.8 Å². The normalized spacial score (nSPS) is 15.1. The van der Waals surface area contributed by atoms with Crippen molar-refractivity contribution in [2.75, 3.05) is 37.8 Å². The Morgan fingerprint density at radius 2 is 1.79 bits per heavy atom. The molecule has 1 aliphatic heterocycles. The number of fused-ring (bicyclic) bond motifs is 1. The van der Waals surface area contributed by atoms with Crippen molar-refractivity contribution in [3.8, 4) is 16.9 Å². The third-order valence-electron chi connectivity index (χ3n) is 5.81. The first-order valence-electron chi connectivity index (χ1n) is 12.0. The molecule has 0 atom stereocenters. The van der Waals surface area contributed by atoms with Gasteiger partial charge in [-0.05, 0) is 85.7 Å². The van der Waals surface area contributed by atoms with Crippen molar-refractivity contribution < 1.29 is 14.3 Å². The van der Waals surface area contributed by atoms with Crippen molar-refractivity contribution in [2.24, 2.45) is 0 Å². The number of hydrogen-bond acceptors (Lipinski definition) is 4. The Hall–Kier alpha value is -2.85. The molecule has 33 heavy (non-hydrogen) atoms. The van der Waals surface area contributed by atoms with Crippen molar-refractivity contribution in [3.63, 3.8) is 0 Å². The van der Waals surface area contributed by atoms with Crippen LogP contribution < -0.4 is 9.64 Å². The molecule has 0 amide bonds. The van der Waals surface area contributed by atoms with Gasteiger partial charge in [0, 0.05) is 25.4 Å². The summed E-state index contributed by atoms with van der Waals surface area (Å²) in [6.45, 7) is 13.7. The van der Waals surface area contributed by atoms with Gasteiger partial charge >= 0.3 is 0 Å². The van der Waals surface area contributed by atoms with Crippen molar-refractivity contribution in [2.45, 2.75) is 46.5 Å². The average molecular weight is 448 g/mol. The lowest BCUT2D eigenvalue weighted by Crippen LogP contribution is -2.28. The van der Waals surface area contributed by atoms with E-state index in [2.05, 4.69) is 61.7 Å². The van der Waals surface area contributed by atoms with Crippen LogP contribution >= 0.6 is 0 Å². The summed E-state index contributed by atoms with van der Waals surface area (Å²) < 4.78 is 11.4. The van der Waals surface area contributed by atoms with E-state index in [4.69, 9.17) is 9.47 Å². The van der Waals surface area contributed by atoms with Gasteiger partial charge < -0.3 is 14.4 Å². The maximum Gasteiger partial charge on any atom is 0.155 e. The number of Topliss-reactive ketones (excluding diaryl/α,β-unsaturated/α-hetero) is 1. The van der Waals surface area contributed by atoms with Crippen LogP contribution in [0.15, 0.2) is 60.2 Å². The van der Waals surface area contributed by atoms with Crippen LogP contribution in [0.3, 0.4) is 0 Å². The molecule has 176 valence electrons. The van der Waals surface area contributed by atoms with Crippen LogP contribution in [0.4, 0.5) is 5.69 Å². The second kappa shape index (κ2) is 12.4. The zero-order valence-electron chi connectivity index (χ0n) is 20.4. The van der Waals surface area contributed by atoms with E-state index < -0.39 is 0 Å². The highest BCUT2D eigenvalue weighted by Gasteiger charge is 2.17. The van der Waals surface area contributed by atoms with Crippen LogP contribution in [0.2, 0.25) is 0 Å². The maximum absolute atomic E-state index is 12.2. The van der Waals surface area contributed by atoms with Gasteiger partial charge in [-0.1, -0.05) is 43.7 Å². The standard InChI is InChI=1S/C29H37NO3/c1-5-6-16-32-17-18-33-28-12-9-24(10-13-28)26-11-14-29-27(20-26)19-25(23(4)31)8-7-15-30(29)21-22(2)3/h9-14,19-20H,2,5-8,15-18,21H2,1,3-4H3/b25-19+. The van der Waals surface area contributed by atoms with Gasteiger partial charge in [0.05, 0.1) is 6.61 Å². The molecule has 1 aliphatic rings. The number of rotatable bonds is 11. The summed E-state index contributed by atoms with van der Waals surface area (Å²) in [6, 6.07) is 14.7. The summed E-state index contributed by atoms with van der Waals surface area (Å²) >= 11 is 0. The summed E-state index contributed by atoms with van der Waals surface area (Å²) in [4.78, 5) is 14.5. The molecule has 0 fully saturated rings. The van der Waals surface area contributed by atoms with Gasteiger partial charge in [0.15, 0.2) is 5.78 Å². The predicted octanol–water partition coefficient (Wildman–Crippen LogP) is 6.70. The molecule has 0 radical (unpaired) electrons. The van der Waals surface area contributed by atoms with Gasteiger partial charge in [0.1, 0.15) is 12.4 Å². The molecule has 4 nitrogen and oxygen atoms in total. The quantitative estimate of drug-likeness (QED) is 0.284. The second-order valence-corrected chi connectivity index (χ2v) is 8.82. The van der Waals surface area contributed by atoms with E-state index in [9.17, 15) is 4.79 Å². The average Bonchev–Trinajstić information content (AvgIpc) is 2.78. The van der Waals surface area contributed by atoms with Crippen LogP contribution in [0.25, 0.3) is 17.2 Å². The van der Waals surface area contributed by atoms with Crippen molar-refractivity contribution in [3.05, 3.63) is 65.8 Å². The molecule has 0 spiro atoms. The Morgan fingerprint density at radius 3 is 2.48 bits per heavy atom. The first kappa shape index (κ1) is 24.8. The largest absolute Gasteiger partial charge is 0.491 e. The number of nitrogens with zero attached hydrogens (tertiary/aromatic N) is 1. The summed E-state index contributed by atoms with van der Waals surface area (Å²) in [5.41, 5.74) is 6.52. The number of unbranched alkanes of at least 4 members (excludes halogenated alkanes) is 1. The zero-order chi connectivity index (χ0) is 23.6. The Bertz CT molecular complexity index is 975. The van der Waals surface area contributed by atoms with E-state index in [0.717, 1.165) is 84.7 Å². The number of carbonyl (C=O) groups is 1. The molecule has 0 aromatic heterocycles. The monoisotopic (exact) mass is 447 g/mol. The van der Waals surface area contributed by atoms with Crippen LogP contribution in [0.1, 0.15) is 52.0 Å². The fourth-order valence-corrected chi connectivity index (χ4v) is 4.06. The molecule has 0 bridgehead atoms. The highest BCUT2D eigenvalue weighted by molar-refractivity contribution is 5.99. The summed E-state index contributed by atoms with van der Waals surface area (Å²) in [5.74, 6) is 0.996. The minimum absolute atomic E-state index is 0.153. The Kier molecular flexibility index (Phi) is 9.32. The van der Waals surface area contributed by atoms with Gasteiger partial charge in [-0.2, -0.15) is 0 Å². The highest BCUT2D eigenvalue weighted by Crippen LogP contribution is 2.33. The van der Waals surface area contributed by atoms with Gasteiger partial charge in [-0.15, -0.1) is 0 Å². The molecular weight excluding hydrogens is 410 g/mol. The molecule has 0 aliphatic carbocycles. The Morgan fingerprint density at radius 1 is 1.03 bits per heavy atom. The van der Waals surface area contributed by atoms with E-state index in [1.807, 2.05) is 12.1 Å². The lowest BCUT2D eigenvalue weighted by atomic mass is 9.95. The predicted molar refractivity (Wildman–Crippen MR) is 138 cm³/mol. The smallest absolute Gasteiger partial charge is 0.155 e. The van der Waals surface area contributed by atoms with Crippen LogP contribution in [-0.2, 0) is 9.53 Å². The molecule has 1 heterocycles. The number of allylic oxidation sites excluding steroid dienone is 1. The molecule has 0 saturated heterocycles. The van der Waals surface area contributed by atoms with Crippen molar-refractivity contribution in [1.82, 2.24) is 0 Å². The molecule has 0 saturated carbocycles. The lowest BCUT2D eigenvalue weighted by molar-refractivity contribution is -0.113. The third-order valence-corrected chi connectivity index (χ3v) is 5.81. The van der Waals surface area contributed by atoms with E-state index in [1.165, 1.54) is 0 Å². The third kappa shape index (κ3) is 7.33. The lowest BCUT2D eigenvalue weighted by Gasteiger charge is -2.29. The van der Waals surface area contributed by atoms with Gasteiger partial charge in [-0.25, -0.2) is 0 Å². The Balaban J connectivity index is 1.78. The number of carbonyl (C=O) groups excluding carboxylic acids is 1. The molecule has 2 aromatic rings. The van der Waals surface area contributed by atoms with Crippen LogP contribution in [-0.4, -0.2) is 38.7 Å². The number of benzene rings is 2. The second-order valence-electron chi connectivity index (χ2n) is 8.82. The molecule has 4 heteroatoms. The molecular formula is C29H37NO3. The van der Waals surface area contributed by atoms with E-state index in [1.54, 1.807) is 6.92 Å². The van der Waals surface area contributed by atoms with Gasteiger partial charge in [0.2, 0.25) is 0 Å². The fourth-order valence-electron chi connectivity index (χ4n) is 4.06. The number of anilines is 1. The van der Waals surface area contributed by atoms with Crippen LogP contribution in [0.5, 0.6) is 5.75 Å². The van der Waals surface area contributed by atoms with E-state index in [-0.39, 0.29) is 5.78 Å². The summed E-state index contributed by atoms with van der Waals surface area (Å²) in [6.07, 6.45) is 6.07. The number of hydrogen-bond donors (Lipinski definition) is 0. The first-order valence-corrected chi connectivity index (χ1v) is 12.0. The van der Waals surface area contributed by atoms with E-state index in [0.29, 0.717) is 13.2 Å². The molecule has 2 aromatic carbocycles. The minimum atomic E-state index is 0.153. The van der Waals surface area contributed by atoms with Gasteiger partial charge in [0.25, 0.3) is 0 Å². The Labute approximate surface area is 198 Å². The first-order chi connectivity index (χ1) is 16.0. The SMILES string of the molecule is C=C(C)CN1CCC/C(C(C)=O)=C\c2cc(-c3ccc(OCCOCCCC)cc3)ccc21. The van der Waals surface area contributed by atoms with Crippen LogP contribution in [0, 0.1) is 0 Å². The van der Waals surface area contributed by atoms with Crippen molar-refractivity contribution in [1.29, 1.82) is 0 Å². The molecule has 0 unspecified atom stereocenters. The summed E-state index contributed by atoms with van der Waals surface area (Å²) in [5, 5.41) is 0. The van der Waals surface area contributed by atoms with Crippen molar-refractivity contribution >= 4 is 17.5 Å². The summed E-state index contributed by atoms with van der Waals surface area (Å²) in [7, 11) is 0. The highest BCUT2D eigenvalue weighted by atomic mass is 16.5. The minimum Gasteiger partial charge on any atom is -0.491 e. The zero-order valence-corrected chi connectivity index (χ0v) is 20.4. The maximum atomic E-state index is 12.2. The number of ether oxygens (including phenoxy) is 2. The molecule has 3 rings (SSSR count). The number of ketones is 1. The fraction of sp³-hybridized carbons (Fsp3) is 0.414. The molecule has 0 N–H and O–H groups in total. The van der Waals surface area contributed by atoms with E-state index >= 15 is 0 Å².